The molecule has 0 unspecified atom stereocenters. The third kappa shape index (κ3) is 2.84. The van der Waals surface area contributed by atoms with Gasteiger partial charge in [-0.1, -0.05) is 5.92 Å². The summed E-state index contributed by atoms with van der Waals surface area (Å²) in [4.78, 5) is 12.2. The van der Waals surface area contributed by atoms with E-state index in [0.29, 0.717) is 11.3 Å². The van der Waals surface area contributed by atoms with Crippen molar-refractivity contribution in [3.63, 3.8) is 0 Å². The molecule has 2 aromatic rings. The van der Waals surface area contributed by atoms with Crippen molar-refractivity contribution in [1.82, 2.24) is 4.57 Å². The van der Waals surface area contributed by atoms with Crippen LogP contribution in [0.4, 0.5) is 0 Å². The molecule has 1 aromatic carbocycles. The molecule has 1 aromatic heterocycles. The van der Waals surface area contributed by atoms with Crippen LogP contribution in [0.2, 0.25) is 0 Å². The number of terminal acetylenes is 1. The molecule has 0 fully saturated rings. The van der Waals surface area contributed by atoms with Crippen molar-refractivity contribution in [2.24, 2.45) is 7.05 Å². The van der Waals surface area contributed by atoms with Gasteiger partial charge in [0.05, 0.1) is 5.52 Å². The van der Waals surface area contributed by atoms with Gasteiger partial charge < -0.3 is 18.8 Å². The molecule has 5 heteroatoms. The Balaban J connectivity index is 2.75. The zero-order chi connectivity index (χ0) is 16.3. The van der Waals surface area contributed by atoms with Gasteiger partial charge >= 0.3 is 0 Å². The molecule has 5 nitrogen and oxygen atoms in total. The first-order valence-electron chi connectivity index (χ1n) is 6.79. The van der Waals surface area contributed by atoms with E-state index < -0.39 is 6.29 Å². The maximum Gasteiger partial charge on any atom is 0.251 e. The van der Waals surface area contributed by atoms with Gasteiger partial charge in [-0.15, -0.1) is 6.42 Å². The molecule has 0 aliphatic carbocycles. The van der Waals surface area contributed by atoms with Gasteiger partial charge in [0.2, 0.25) is 0 Å². The lowest BCUT2D eigenvalue weighted by molar-refractivity contribution is -0.105. The molecule has 0 saturated heterocycles. The molecule has 0 radical (unpaired) electrons. The third-order valence-corrected chi connectivity index (χ3v) is 3.57. The number of aromatic nitrogens is 1. The second kappa shape index (κ2) is 6.65. The first-order chi connectivity index (χ1) is 10.5. The number of pyridine rings is 1. The van der Waals surface area contributed by atoms with Crippen molar-refractivity contribution < 1.29 is 14.2 Å². The predicted molar refractivity (Wildman–Crippen MR) is 85.0 cm³/mol. The molecule has 0 aliphatic heterocycles. The second-order valence-electron chi connectivity index (χ2n) is 4.93. The zero-order valence-corrected chi connectivity index (χ0v) is 13.2. The SMILES string of the molecule is C#CCOc1cc2c(cc1C)c(C(OC)OC)cc(=O)n2C. The molecule has 0 aliphatic rings. The zero-order valence-electron chi connectivity index (χ0n) is 13.2. The number of nitrogens with zero attached hydrogens (tertiary/aromatic N) is 1. The van der Waals surface area contributed by atoms with E-state index in [2.05, 4.69) is 5.92 Å². The van der Waals surface area contributed by atoms with Crippen LogP contribution in [-0.2, 0) is 16.5 Å². The van der Waals surface area contributed by atoms with Gasteiger partial charge in [-0.2, -0.15) is 0 Å². The number of methoxy groups -OCH3 is 2. The summed E-state index contributed by atoms with van der Waals surface area (Å²) in [5.41, 5.74) is 2.20. The van der Waals surface area contributed by atoms with Gasteiger partial charge in [0.15, 0.2) is 6.29 Å². The van der Waals surface area contributed by atoms with Crippen LogP contribution >= 0.6 is 0 Å². The summed E-state index contributed by atoms with van der Waals surface area (Å²) in [6.07, 6.45) is 4.63. The Morgan fingerprint density at radius 2 is 1.95 bits per heavy atom. The Hall–Kier alpha value is -2.29. The first-order valence-corrected chi connectivity index (χ1v) is 6.79. The van der Waals surface area contributed by atoms with Crippen molar-refractivity contribution >= 4 is 10.9 Å². The molecule has 0 saturated carbocycles. The fourth-order valence-corrected chi connectivity index (χ4v) is 2.43. The maximum absolute atomic E-state index is 12.2. The lowest BCUT2D eigenvalue weighted by Crippen LogP contribution is -2.19. The Bertz CT molecular complexity index is 782. The van der Waals surface area contributed by atoms with Crippen LogP contribution in [0.5, 0.6) is 5.75 Å². The van der Waals surface area contributed by atoms with Gasteiger partial charge in [0.25, 0.3) is 5.56 Å². The van der Waals surface area contributed by atoms with Gasteiger partial charge in [-0.3, -0.25) is 4.79 Å². The Morgan fingerprint density at radius 1 is 1.27 bits per heavy atom. The fourth-order valence-electron chi connectivity index (χ4n) is 2.43. The Labute approximate surface area is 129 Å². The van der Waals surface area contributed by atoms with E-state index in [1.165, 1.54) is 20.3 Å². The quantitative estimate of drug-likeness (QED) is 0.627. The monoisotopic (exact) mass is 301 g/mol. The highest BCUT2D eigenvalue weighted by Crippen LogP contribution is 2.30. The number of benzene rings is 1. The topological polar surface area (TPSA) is 49.7 Å². The van der Waals surface area contributed by atoms with E-state index in [4.69, 9.17) is 20.6 Å². The molecule has 2 rings (SSSR count). The molecule has 116 valence electrons. The van der Waals surface area contributed by atoms with E-state index in [9.17, 15) is 4.79 Å². The molecule has 0 atom stereocenters. The van der Waals surface area contributed by atoms with Crippen LogP contribution in [0.1, 0.15) is 17.4 Å². The maximum atomic E-state index is 12.2. The summed E-state index contributed by atoms with van der Waals surface area (Å²) in [5, 5.41) is 0.876. The highest BCUT2D eigenvalue weighted by atomic mass is 16.7. The molecule has 0 spiro atoms. The summed E-state index contributed by atoms with van der Waals surface area (Å²) in [5.74, 6) is 3.09. The van der Waals surface area contributed by atoms with Crippen LogP contribution in [0, 0.1) is 19.3 Å². The van der Waals surface area contributed by atoms with E-state index in [1.807, 2.05) is 19.1 Å². The number of hydrogen-bond acceptors (Lipinski definition) is 4. The number of aryl methyl sites for hydroxylation is 2. The second-order valence-corrected chi connectivity index (χ2v) is 4.93. The van der Waals surface area contributed by atoms with Crippen LogP contribution in [0.25, 0.3) is 10.9 Å². The van der Waals surface area contributed by atoms with E-state index >= 15 is 0 Å². The molecular weight excluding hydrogens is 282 g/mol. The summed E-state index contributed by atoms with van der Waals surface area (Å²) >= 11 is 0. The number of hydrogen-bond donors (Lipinski definition) is 0. The molecule has 22 heavy (non-hydrogen) atoms. The van der Waals surface area contributed by atoms with E-state index in [-0.39, 0.29) is 12.2 Å². The molecular formula is C17H19NO4. The minimum absolute atomic E-state index is 0.145. The Kier molecular flexibility index (Phi) is 4.86. The third-order valence-electron chi connectivity index (χ3n) is 3.57. The predicted octanol–water partition coefficient (Wildman–Crippen LogP) is 2.15. The normalized spacial score (nSPS) is 10.9. The van der Waals surface area contributed by atoms with Crippen molar-refractivity contribution in [3.05, 3.63) is 39.7 Å². The van der Waals surface area contributed by atoms with Crippen molar-refractivity contribution in [3.8, 4) is 18.1 Å². The Morgan fingerprint density at radius 3 is 2.55 bits per heavy atom. The number of ether oxygens (including phenoxy) is 3. The molecule has 0 amide bonds. The van der Waals surface area contributed by atoms with Crippen LogP contribution < -0.4 is 10.3 Å². The van der Waals surface area contributed by atoms with Crippen molar-refractivity contribution in [2.75, 3.05) is 20.8 Å². The largest absolute Gasteiger partial charge is 0.481 e. The highest BCUT2D eigenvalue weighted by molar-refractivity contribution is 5.85. The minimum Gasteiger partial charge on any atom is -0.481 e. The molecule has 1 heterocycles. The van der Waals surface area contributed by atoms with Gasteiger partial charge in [0, 0.05) is 44.3 Å². The highest BCUT2D eigenvalue weighted by Gasteiger charge is 2.17. The van der Waals surface area contributed by atoms with E-state index in [1.54, 1.807) is 11.6 Å². The average Bonchev–Trinajstić information content (AvgIpc) is 2.51. The first kappa shape index (κ1) is 16.1. The standard InChI is InChI=1S/C17H19NO4/c1-6-7-22-15-10-14-12(8-11(15)2)13(17(20-4)21-5)9-16(19)18(14)3/h1,8-10,17H,7H2,2-5H3. The average molecular weight is 301 g/mol. The smallest absolute Gasteiger partial charge is 0.251 e. The summed E-state index contributed by atoms with van der Waals surface area (Å²) in [6.45, 7) is 2.10. The lowest BCUT2D eigenvalue weighted by Gasteiger charge is -2.18. The summed E-state index contributed by atoms with van der Waals surface area (Å²) in [7, 11) is 4.78. The summed E-state index contributed by atoms with van der Waals surface area (Å²) < 4.78 is 17.7. The van der Waals surface area contributed by atoms with E-state index in [0.717, 1.165) is 16.5 Å². The van der Waals surface area contributed by atoms with Gasteiger partial charge in [0.1, 0.15) is 12.4 Å². The summed E-state index contributed by atoms with van der Waals surface area (Å²) in [6, 6.07) is 5.29. The minimum atomic E-state index is -0.603. The van der Waals surface area contributed by atoms with Crippen molar-refractivity contribution in [2.45, 2.75) is 13.2 Å². The van der Waals surface area contributed by atoms with Crippen molar-refractivity contribution in [1.29, 1.82) is 0 Å². The van der Waals surface area contributed by atoms with Crippen LogP contribution in [0.15, 0.2) is 23.0 Å². The fraction of sp³-hybridized carbons (Fsp3) is 0.353. The van der Waals surface area contributed by atoms with Crippen LogP contribution in [0.3, 0.4) is 0 Å². The van der Waals surface area contributed by atoms with Gasteiger partial charge in [-0.25, -0.2) is 0 Å². The number of rotatable bonds is 5. The van der Waals surface area contributed by atoms with Gasteiger partial charge in [-0.05, 0) is 18.6 Å². The van der Waals surface area contributed by atoms with Crippen LogP contribution in [-0.4, -0.2) is 25.4 Å². The lowest BCUT2D eigenvalue weighted by atomic mass is 10.0. The molecule has 0 bridgehead atoms. The number of fused-ring (bicyclic) bond motifs is 1. The molecule has 0 N–H and O–H groups in total.